The van der Waals surface area contributed by atoms with E-state index in [1.807, 2.05) is 24.3 Å². The largest absolute Gasteiger partial charge is 0.478 e. The van der Waals surface area contributed by atoms with Crippen molar-refractivity contribution >= 4 is 28.5 Å². The van der Waals surface area contributed by atoms with Crippen LogP contribution >= 0.6 is 11.6 Å². The Bertz CT molecular complexity index is 836. The van der Waals surface area contributed by atoms with E-state index >= 15 is 0 Å². The van der Waals surface area contributed by atoms with Gasteiger partial charge < -0.3 is 9.84 Å². The van der Waals surface area contributed by atoms with Gasteiger partial charge >= 0.3 is 12.0 Å². The van der Waals surface area contributed by atoms with Crippen molar-refractivity contribution in [2.24, 2.45) is 0 Å². The molecule has 0 atom stereocenters. The summed E-state index contributed by atoms with van der Waals surface area (Å²) in [7, 11) is 0. The van der Waals surface area contributed by atoms with Gasteiger partial charge in [-0.15, -0.1) is 0 Å². The van der Waals surface area contributed by atoms with E-state index in [9.17, 15) is 4.79 Å². The molecule has 1 heterocycles. The predicted octanol–water partition coefficient (Wildman–Crippen LogP) is 3.77. The van der Waals surface area contributed by atoms with Crippen molar-refractivity contribution < 1.29 is 14.6 Å². The molecule has 0 unspecified atom stereocenters. The van der Waals surface area contributed by atoms with Crippen molar-refractivity contribution in [1.82, 2.24) is 9.97 Å². The van der Waals surface area contributed by atoms with Gasteiger partial charge in [0.25, 0.3) is 0 Å². The van der Waals surface area contributed by atoms with Crippen molar-refractivity contribution in [1.29, 1.82) is 0 Å². The third-order valence-electron chi connectivity index (χ3n) is 2.85. The molecule has 0 amide bonds. The summed E-state index contributed by atoms with van der Waals surface area (Å²) >= 11 is 6.00. The lowest BCUT2D eigenvalue weighted by atomic mass is 10.2. The summed E-state index contributed by atoms with van der Waals surface area (Å²) in [5.41, 5.74) is 0.840. The summed E-state index contributed by atoms with van der Waals surface area (Å²) in [6.07, 6.45) is 1.65. The first-order valence-electron chi connectivity index (χ1n) is 6.06. The lowest BCUT2D eigenvalue weighted by Crippen LogP contribution is -1.97. The van der Waals surface area contributed by atoms with Crippen LogP contribution in [0.25, 0.3) is 10.9 Å². The average Bonchev–Trinajstić information content (AvgIpc) is 2.49. The highest BCUT2D eigenvalue weighted by Crippen LogP contribution is 2.29. The van der Waals surface area contributed by atoms with Gasteiger partial charge in [-0.3, -0.25) is 0 Å². The molecule has 0 aliphatic rings. The first-order valence-corrected chi connectivity index (χ1v) is 6.44. The molecule has 1 N–H and O–H groups in total. The number of hydrogen-bond donors (Lipinski definition) is 1. The van der Waals surface area contributed by atoms with Crippen LogP contribution in [0.15, 0.2) is 48.7 Å². The number of benzene rings is 2. The molecule has 21 heavy (non-hydrogen) atoms. The second-order valence-corrected chi connectivity index (χ2v) is 4.67. The number of halogens is 1. The number of carboxylic acids is 1. The van der Waals surface area contributed by atoms with Crippen molar-refractivity contribution in [2.45, 2.75) is 0 Å². The van der Waals surface area contributed by atoms with Gasteiger partial charge in [-0.05, 0) is 24.3 Å². The molecule has 0 saturated carbocycles. The van der Waals surface area contributed by atoms with Crippen molar-refractivity contribution in [3.8, 4) is 11.8 Å². The first kappa shape index (κ1) is 13.3. The van der Waals surface area contributed by atoms with E-state index in [-0.39, 0.29) is 16.6 Å². The maximum Gasteiger partial charge on any atom is 0.335 e. The van der Waals surface area contributed by atoms with E-state index in [0.29, 0.717) is 5.75 Å². The van der Waals surface area contributed by atoms with Crippen LogP contribution in [-0.4, -0.2) is 21.0 Å². The van der Waals surface area contributed by atoms with Crippen LogP contribution < -0.4 is 4.74 Å². The smallest absolute Gasteiger partial charge is 0.335 e. The molecule has 0 radical (unpaired) electrons. The van der Waals surface area contributed by atoms with E-state index in [1.54, 1.807) is 6.20 Å². The predicted molar refractivity (Wildman–Crippen MR) is 78.0 cm³/mol. The lowest BCUT2D eigenvalue weighted by molar-refractivity contribution is 0.0697. The molecule has 104 valence electrons. The molecule has 0 fully saturated rings. The van der Waals surface area contributed by atoms with Crippen LogP contribution in [0.5, 0.6) is 11.8 Å². The number of carboxylic acid groups (broad SMARTS) is 1. The summed E-state index contributed by atoms with van der Waals surface area (Å²) in [6.45, 7) is 0. The highest BCUT2D eigenvalue weighted by atomic mass is 35.5. The fourth-order valence-electron chi connectivity index (χ4n) is 1.82. The monoisotopic (exact) mass is 300 g/mol. The van der Waals surface area contributed by atoms with Crippen molar-refractivity contribution in [3.63, 3.8) is 0 Å². The Morgan fingerprint density at radius 1 is 1.19 bits per heavy atom. The molecule has 5 nitrogen and oxygen atoms in total. The average molecular weight is 301 g/mol. The molecule has 0 aliphatic heterocycles. The van der Waals surface area contributed by atoms with Gasteiger partial charge in [0.05, 0.1) is 16.1 Å². The Balaban J connectivity index is 1.93. The number of carbonyl (C=O) groups is 1. The number of para-hydroxylation sites is 1. The van der Waals surface area contributed by atoms with Gasteiger partial charge in [-0.1, -0.05) is 29.8 Å². The topological polar surface area (TPSA) is 72.3 Å². The Labute approximate surface area is 124 Å². The molecule has 2 aromatic carbocycles. The minimum Gasteiger partial charge on any atom is -0.478 e. The molecular weight excluding hydrogens is 292 g/mol. The zero-order chi connectivity index (χ0) is 14.8. The molecule has 1 aromatic heterocycles. The highest BCUT2D eigenvalue weighted by Gasteiger charge is 2.10. The van der Waals surface area contributed by atoms with Gasteiger partial charge in [-0.2, -0.15) is 4.98 Å². The van der Waals surface area contributed by atoms with Crippen LogP contribution in [0, 0.1) is 0 Å². The van der Waals surface area contributed by atoms with Gasteiger partial charge in [0.2, 0.25) is 0 Å². The number of fused-ring (bicyclic) bond motifs is 1. The van der Waals surface area contributed by atoms with Crippen LogP contribution in [0.4, 0.5) is 0 Å². The second kappa shape index (κ2) is 5.38. The van der Waals surface area contributed by atoms with Gasteiger partial charge in [0.1, 0.15) is 5.75 Å². The van der Waals surface area contributed by atoms with Crippen LogP contribution in [0.2, 0.25) is 5.02 Å². The molecular formula is C15H9ClN2O3. The van der Waals surface area contributed by atoms with Crippen molar-refractivity contribution in [3.05, 3.63) is 59.2 Å². The summed E-state index contributed by atoms with van der Waals surface area (Å²) in [5, 5.41) is 9.97. The molecule has 6 heteroatoms. The summed E-state index contributed by atoms with van der Waals surface area (Å²) in [4.78, 5) is 19.2. The quantitative estimate of drug-likeness (QED) is 0.797. The molecule has 0 aliphatic carbocycles. The van der Waals surface area contributed by atoms with Gasteiger partial charge in [0.15, 0.2) is 0 Å². The Morgan fingerprint density at radius 2 is 2.00 bits per heavy atom. The zero-order valence-electron chi connectivity index (χ0n) is 10.7. The Hall–Kier alpha value is -2.66. The third kappa shape index (κ3) is 2.78. The Morgan fingerprint density at radius 3 is 2.76 bits per heavy atom. The number of aromatic carboxylic acids is 1. The van der Waals surface area contributed by atoms with E-state index < -0.39 is 5.97 Å². The lowest BCUT2D eigenvalue weighted by Gasteiger charge is -2.07. The summed E-state index contributed by atoms with van der Waals surface area (Å²) in [5.74, 6) is -0.748. The number of aromatic nitrogens is 2. The van der Waals surface area contributed by atoms with Crippen LogP contribution in [0.1, 0.15) is 10.4 Å². The molecule has 3 rings (SSSR count). The molecule has 0 bridgehead atoms. The SMILES string of the molecule is O=C(O)c1ccc(Oc2ncc3ccccc3n2)c(Cl)c1. The normalized spacial score (nSPS) is 10.5. The fraction of sp³-hybridized carbons (Fsp3) is 0. The fourth-order valence-corrected chi connectivity index (χ4v) is 2.04. The number of ether oxygens (including phenoxy) is 1. The maximum atomic E-state index is 10.8. The molecule has 3 aromatic rings. The number of nitrogens with zero attached hydrogens (tertiary/aromatic N) is 2. The molecule has 0 spiro atoms. The highest BCUT2D eigenvalue weighted by molar-refractivity contribution is 6.32. The summed E-state index contributed by atoms with van der Waals surface area (Å²) < 4.78 is 5.50. The third-order valence-corrected chi connectivity index (χ3v) is 3.14. The van der Waals surface area contributed by atoms with Gasteiger partial charge in [0, 0.05) is 11.6 Å². The first-order chi connectivity index (χ1) is 10.1. The van der Waals surface area contributed by atoms with E-state index in [0.717, 1.165) is 10.9 Å². The van der Waals surface area contributed by atoms with Crippen molar-refractivity contribution in [2.75, 3.05) is 0 Å². The number of rotatable bonds is 3. The number of hydrogen-bond acceptors (Lipinski definition) is 4. The minimum absolute atomic E-state index is 0.0896. The standard InChI is InChI=1S/C15H9ClN2O3/c16-11-7-9(14(19)20)5-6-13(11)21-15-17-8-10-3-1-2-4-12(10)18-15/h1-8H,(H,19,20). The van der Waals surface area contributed by atoms with E-state index in [2.05, 4.69) is 9.97 Å². The maximum absolute atomic E-state index is 10.8. The molecule has 0 saturated heterocycles. The minimum atomic E-state index is -1.05. The van der Waals surface area contributed by atoms with E-state index in [4.69, 9.17) is 21.4 Å². The van der Waals surface area contributed by atoms with Gasteiger partial charge in [-0.25, -0.2) is 9.78 Å². The van der Waals surface area contributed by atoms with E-state index in [1.165, 1.54) is 18.2 Å². The van der Waals surface area contributed by atoms with Crippen LogP contribution in [0.3, 0.4) is 0 Å². The summed E-state index contributed by atoms with van der Waals surface area (Å²) in [6, 6.07) is 11.9. The second-order valence-electron chi connectivity index (χ2n) is 4.26. The Kier molecular flexibility index (Phi) is 3.41. The zero-order valence-corrected chi connectivity index (χ0v) is 11.4. The van der Waals surface area contributed by atoms with Crippen LogP contribution in [-0.2, 0) is 0 Å².